The van der Waals surface area contributed by atoms with Crippen molar-refractivity contribution in [3.05, 3.63) is 95.6 Å². The third-order valence-electron chi connectivity index (χ3n) is 5.14. The van der Waals surface area contributed by atoms with E-state index in [0.29, 0.717) is 27.9 Å². The summed E-state index contributed by atoms with van der Waals surface area (Å²) >= 11 is 2.87. The molecular formula is C26H21N5O2S2. The lowest BCUT2D eigenvalue weighted by molar-refractivity contribution is -0.113. The van der Waals surface area contributed by atoms with E-state index in [9.17, 15) is 9.59 Å². The van der Waals surface area contributed by atoms with Crippen LogP contribution in [0.2, 0.25) is 0 Å². The van der Waals surface area contributed by atoms with Crippen LogP contribution in [0.3, 0.4) is 0 Å². The smallest absolute Gasteiger partial charge is 0.255 e. The molecule has 0 unspecified atom stereocenters. The molecule has 2 amide bonds. The van der Waals surface area contributed by atoms with Gasteiger partial charge in [-0.3, -0.25) is 9.59 Å². The normalized spacial score (nSPS) is 10.9. The summed E-state index contributed by atoms with van der Waals surface area (Å²) in [6.45, 7) is 0. The summed E-state index contributed by atoms with van der Waals surface area (Å²) in [4.78, 5) is 37.0. The Balaban J connectivity index is 1.12. The second-order valence-corrected chi connectivity index (χ2v) is 9.52. The first-order valence-electron chi connectivity index (χ1n) is 10.9. The molecule has 2 heterocycles. The highest BCUT2D eigenvalue weighted by molar-refractivity contribution is 7.99. The molecule has 3 aromatic carbocycles. The van der Waals surface area contributed by atoms with Crippen LogP contribution < -0.4 is 10.6 Å². The molecule has 0 radical (unpaired) electrons. The molecule has 0 saturated heterocycles. The minimum atomic E-state index is -0.157. The summed E-state index contributed by atoms with van der Waals surface area (Å²) in [6, 6.07) is 24.4. The maximum absolute atomic E-state index is 12.3. The largest absolute Gasteiger partial charge is 0.341 e. The summed E-state index contributed by atoms with van der Waals surface area (Å²) in [5.74, 6) is 1.52. The van der Waals surface area contributed by atoms with Gasteiger partial charge in [-0.1, -0.05) is 42.5 Å². The molecule has 5 aromatic rings. The van der Waals surface area contributed by atoms with Crippen LogP contribution >= 0.6 is 23.1 Å². The molecule has 5 rings (SSSR count). The zero-order valence-corrected chi connectivity index (χ0v) is 20.2. The van der Waals surface area contributed by atoms with Crippen LogP contribution in [0.1, 0.15) is 16.2 Å². The number of thioether (sulfide) groups is 1. The van der Waals surface area contributed by atoms with Gasteiger partial charge >= 0.3 is 0 Å². The minimum absolute atomic E-state index is 0.106. The SMILES string of the molecule is O=C(CSCc1nc2ccccc2[nH]1)Nc1nc(-c2ccc(NC(=O)c3ccccc3)cc2)cs1. The van der Waals surface area contributed by atoms with Gasteiger partial charge in [-0.15, -0.1) is 23.1 Å². The number of fused-ring (bicyclic) bond motifs is 1. The molecule has 174 valence electrons. The number of carbonyl (C=O) groups is 2. The van der Waals surface area contributed by atoms with E-state index in [-0.39, 0.29) is 11.8 Å². The number of nitrogens with zero attached hydrogens (tertiary/aromatic N) is 2. The Bertz CT molecular complexity index is 1430. The highest BCUT2D eigenvalue weighted by Gasteiger charge is 2.10. The number of thiazole rings is 1. The molecule has 0 bridgehead atoms. The molecule has 3 N–H and O–H groups in total. The van der Waals surface area contributed by atoms with E-state index in [2.05, 4.69) is 25.6 Å². The third kappa shape index (κ3) is 5.76. The molecular weight excluding hydrogens is 478 g/mol. The van der Waals surface area contributed by atoms with E-state index in [0.717, 1.165) is 28.1 Å². The molecule has 0 aliphatic carbocycles. The van der Waals surface area contributed by atoms with Gasteiger partial charge in [0.2, 0.25) is 5.91 Å². The summed E-state index contributed by atoms with van der Waals surface area (Å²) in [7, 11) is 0. The average molecular weight is 500 g/mol. The van der Waals surface area contributed by atoms with Crippen molar-refractivity contribution in [1.82, 2.24) is 15.0 Å². The number of anilines is 2. The Kier molecular flexibility index (Phi) is 6.87. The lowest BCUT2D eigenvalue weighted by atomic mass is 10.1. The third-order valence-corrected chi connectivity index (χ3v) is 6.84. The molecule has 0 fully saturated rings. The van der Waals surface area contributed by atoms with Crippen molar-refractivity contribution < 1.29 is 9.59 Å². The topological polar surface area (TPSA) is 99.8 Å². The average Bonchev–Trinajstić information content (AvgIpc) is 3.52. The molecule has 0 saturated carbocycles. The predicted molar refractivity (Wildman–Crippen MR) is 143 cm³/mol. The Morgan fingerprint density at radius 1 is 0.886 bits per heavy atom. The zero-order valence-electron chi connectivity index (χ0n) is 18.5. The van der Waals surface area contributed by atoms with Crippen molar-refractivity contribution in [2.45, 2.75) is 5.75 Å². The summed E-state index contributed by atoms with van der Waals surface area (Å²) in [5.41, 5.74) is 4.89. The molecule has 0 spiro atoms. The number of hydrogen-bond acceptors (Lipinski definition) is 6. The number of amides is 2. The first kappa shape index (κ1) is 22.8. The van der Waals surface area contributed by atoms with E-state index < -0.39 is 0 Å². The lowest BCUT2D eigenvalue weighted by Gasteiger charge is -2.06. The molecule has 2 aromatic heterocycles. The first-order valence-corrected chi connectivity index (χ1v) is 12.9. The van der Waals surface area contributed by atoms with Crippen molar-refractivity contribution in [1.29, 1.82) is 0 Å². The Hall–Kier alpha value is -3.95. The zero-order chi connectivity index (χ0) is 24.0. The van der Waals surface area contributed by atoms with Crippen LogP contribution in [-0.4, -0.2) is 32.5 Å². The summed E-state index contributed by atoms with van der Waals surface area (Å²) in [6.07, 6.45) is 0. The lowest BCUT2D eigenvalue weighted by Crippen LogP contribution is -2.14. The molecule has 7 nitrogen and oxygen atoms in total. The molecule has 0 aliphatic heterocycles. The van der Waals surface area contributed by atoms with Gasteiger partial charge in [-0.05, 0) is 36.4 Å². The maximum Gasteiger partial charge on any atom is 0.255 e. The first-order chi connectivity index (χ1) is 17.1. The highest BCUT2D eigenvalue weighted by Crippen LogP contribution is 2.26. The van der Waals surface area contributed by atoms with Crippen LogP contribution in [0.15, 0.2) is 84.2 Å². The second-order valence-electron chi connectivity index (χ2n) is 7.68. The van der Waals surface area contributed by atoms with Crippen molar-refractivity contribution >= 4 is 56.8 Å². The van der Waals surface area contributed by atoms with E-state index in [1.54, 1.807) is 12.1 Å². The molecule has 35 heavy (non-hydrogen) atoms. The number of benzene rings is 3. The fourth-order valence-corrected chi connectivity index (χ4v) is 4.88. The maximum atomic E-state index is 12.3. The number of nitrogens with one attached hydrogen (secondary N) is 3. The van der Waals surface area contributed by atoms with Crippen molar-refractivity contribution in [3.8, 4) is 11.3 Å². The van der Waals surface area contributed by atoms with E-state index >= 15 is 0 Å². The van der Waals surface area contributed by atoms with Crippen molar-refractivity contribution in [2.75, 3.05) is 16.4 Å². The number of aromatic amines is 1. The van der Waals surface area contributed by atoms with Crippen molar-refractivity contribution in [2.24, 2.45) is 0 Å². The van der Waals surface area contributed by atoms with Gasteiger partial charge in [-0.25, -0.2) is 9.97 Å². The minimum Gasteiger partial charge on any atom is -0.341 e. The number of H-pyrrole nitrogens is 1. The van der Waals surface area contributed by atoms with Crippen LogP contribution in [0.5, 0.6) is 0 Å². The van der Waals surface area contributed by atoms with Crippen LogP contribution in [0.4, 0.5) is 10.8 Å². The Morgan fingerprint density at radius 2 is 1.66 bits per heavy atom. The van der Waals surface area contributed by atoms with Gasteiger partial charge in [0.05, 0.1) is 28.2 Å². The van der Waals surface area contributed by atoms with Gasteiger partial charge in [0.15, 0.2) is 5.13 Å². The second kappa shape index (κ2) is 10.5. The van der Waals surface area contributed by atoms with Crippen LogP contribution in [0, 0.1) is 0 Å². The molecule has 9 heteroatoms. The number of hydrogen-bond donors (Lipinski definition) is 3. The number of imidazole rings is 1. The quantitative estimate of drug-likeness (QED) is 0.250. The molecule has 0 atom stereocenters. The fraction of sp³-hybridized carbons (Fsp3) is 0.0769. The molecule has 0 aliphatic rings. The number of para-hydroxylation sites is 2. The van der Waals surface area contributed by atoms with Gasteiger partial charge in [-0.2, -0.15) is 0 Å². The number of rotatable bonds is 8. The van der Waals surface area contributed by atoms with E-state index in [1.165, 1.54) is 23.1 Å². The van der Waals surface area contributed by atoms with Crippen LogP contribution in [-0.2, 0) is 10.5 Å². The van der Waals surface area contributed by atoms with Crippen LogP contribution in [0.25, 0.3) is 22.3 Å². The Morgan fingerprint density at radius 3 is 2.46 bits per heavy atom. The fourth-order valence-electron chi connectivity index (χ4n) is 3.45. The van der Waals surface area contributed by atoms with Gasteiger partial charge in [0, 0.05) is 22.2 Å². The van der Waals surface area contributed by atoms with Gasteiger partial charge in [0.25, 0.3) is 5.91 Å². The van der Waals surface area contributed by atoms with Gasteiger partial charge < -0.3 is 15.6 Å². The predicted octanol–water partition coefficient (Wildman–Crippen LogP) is 5.81. The number of carbonyl (C=O) groups excluding carboxylic acids is 2. The highest BCUT2D eigenvalue weighted by atomic mass is 32.2. The summed E-state index contributed by atoms with van der Waals surface area (Å²) < 4.78 is 0. The van der Waals surface area contributed by atoms with Gasteiger partial charge in [0.1, 0.15) is 5.82 Å². The van der Waals surface area contributed by atoms with E-state index in [1.807, 2.05) is 72.1 Å². The summed E-state index contributed by atoms with van der Waals surface area (Å²) in [5, 5.41) is 8.19. The van der Waals surface area contributed by atoms with Crippen molar-refractivity contribution in [3.63, 3.8) is 0 Å². The Labute approximate surface area is 210 Å². The van der Waals surface area contributed by atoms with E-state index in [4.69, 9.17) is 0 Å². The standard InChI is InChI=1S/C26H21N5O2S2/c32-24(16-34-15-23-28-20-8-4-5-9-21(20)29-23)31-26-30-22(14-35-26)17-10-12-19(13-11-17)27-25(33)18-6-2-1-3-7-18/h1-14H,15-16H2,(H,27,33)(H,28,29)(H,30,31,32). The monoisotopic (exact) mass is 499 g/mol. The number of aromatic nitrogens is 3.